The zero-order valence-electron chi connectivity index (χ0n) is 9.56. The average Bonchev–Trinajstić information content (AvgIpc) is 2.38. The second-order valence-corrected chi connectivity index (χ2v) is 4.44. The molecule has 0 heterocycles. The van der Waals surface area contributed by atoms with E-state index in [1.54, 1.807) is 24.3 Å². The van der Waals surface area contributed by atoms with E-state index in [2.05, 4.69) is 0 Å². The number of halogens is 1. The number of hydrogen-bond acceptors (Lipinski definition) is 1. The lowest BCUT2D eigenvalue weighted by Gasteiger charge is -2.10. The highest BCUT2D eigenvalue weighted by Crippen LogP contribution is 2.21. The first-order chi connectivity index (χ1) is 8.18. The van der Waals surface area contributed by atoms with Crippen LogP contribution in [0.2, 0.25) is 5.02 Å². The number of rotatable bonds is 3. The summed E-state index contributed by atoms with van der Waals surface area (Å²) >= 11 is 5.89. The molecule has 0 bridgehead atoms. The summed E-state index contributed by atoms with van der Waals surface area (Å²) < 4.78 is 0. The van der Waals surface area contributed by atoms with Gasteiger partial charge < -0.3 is 0 Å². The van der Waals surface area contributed by atoms with Crippen molar-refractivity contribution in [2.75, 3.05) is 0 Å². The van der Waals surface area contributed by atoms with E-state index >= 15 is 0 Å². The van der Waals surface area contributed by atoms with Gasteiger partial charge in [0.15, 0.2) is 5.78 Å². The Kier molecular flexibility index (Phi) is 3.60. The van der Waals surface area contributed by atoms with Gasteiger partial charge in [0, 0.05) is 16.5 Å². The maximum Gasteiger partial charge on any atom is 0.170 e. The van der Waals surface area contributed by atoms with E-state index in [9.17, 15) is 4.79 Å². The number of Topliss-reactive ketones (excluding diaryl/α,β-unsaturated/α-hetero) is 1. The van der Waals surface area contributed by atoms with E-state index in [0.717, 1.165) is 5.56 Å². The molecule has 0 amide bonds. The molecule has 0 saturated carbocycles. The molecule has 0 aliphatic heterocycles. The predicted octanol–water partition coefficient (Wildman–Crippen LogP) is 4.33. The van der Waals surface area contributed by atoms with E-state index in [1.807, 2.05) is 37.3 Å². The molecule has 1 atom stereocenters. The first-order valence-corrected chi connectivity index (χ1v) is 5.91. The summed E-state index contributed by atoms with van der Waals surface area (Å²) in [6.07, 6.45) is 0. The quantitative estimate of drug-likeness (QED) is 0.735. The van der Waals surface area contributed by atoms with Gasteiger partial charge in [-0.1, -0.05) is 61.0 Å². The second-order valence-electron chi connectivity index (χ2n) is 4.01. The zero-order valence-corrected chi connectivity index (χ0v) is 10.3. The highest BCUT2D eigenvalue weighted by molar-refractivity contribution is 6.31. The zero-order chi connectivity index (χ0) is 12.3. The van der Waals surface area contributed by atoms with Crippen LogP contribution < -0.4 is 0 Å². The van der Waals surface area contributed by atoms with Crippen molar-refractivity contribution in [2.45, 2.75) is 12.8 Å². The molecule has 2 heteroatoms. The summed E-state index contributed by atoms with van der Waals surface area (Å²) in [5, 5.41) is 0.594. The predicted molar refractivity (Wildman–Crippen MR) is 70.6 cm³/mol. The smallest absolute Gasteiger partial charge is 0.170 e. The third-order valence-electron chi connectivity index (χ3n) is 2.80. The highest BCUT2D eigenvalue weighted by atomic mass is 35.5. The van der Waals surface area contributed by atoms with Gasteiger partial charge in [-0.05, 0) is 17.7 Å². The first-order valence-electron chi connectivity index (χ1n) is 5.53. The Bertz CT molecular complexity index is 519. The number of benzene rings is 2. The maximum absolute atomic E-state index is 12.2. The summed E-state index contributed by atoms with van der Waals surface area (Å²) in [4.78, 5) is 12.2. The molecule has 1 unspecified atom stereocenters. The van der Waals surface area contributed by atoms with Crippen molar-refractivity contribution in [2.24, 2.45) is 0 Å². The molecular weight excluding hydrogens is 232 g/mol. The molecule has 0 aliphatic rings. The molecule has 0 spiro atoms. The van der Waals surface area contributed by atoms with Gasteiger partial charge in [-0.2, -0.15) is 0 Å². The normalized spacial score (nSPS) is 12.1. The van der Waals surface area contributed by atoms with Crippen LogP contribution in [0.5, 0.6) is 0 Å². The third kappa shape index (κ3) is 2.75. The van der Waals surface area contributed by atoms with E-state index < -0.39 is 0 Å². The van der Waals surface area contributed by atoms with Crippen molar-refractivity contribution < 1.29 is 4.79 Å². The third-order valence-corrected chi connectivity index (χ3v) is 3.04. The molecule has 0 saturated heterocycles. The molecule has 1 nitrogen and oxygen atoms in total. The molecule has 2 aromatic carbocycles. The minimum atomic E-state index is -0.144. The van der Waals surface area contributed by atoms with Crippen molar-refractivity contribution in [1.29, 1.82) is 0 Å². The monoisotopic (exact) mass is 244 g/mol. The van der Waals surface area contributed by atoms with Crippen molar-refractivity contribution in [3.8, 4) is 0 Å². The van der Waals surface area contributed by atoms with Gasteiger partial charge in [0.2, 0.25) is 0 Å². The first kappa shape index (κ1) is 11.9. The van der Waals surface area contributed by atoms with Crippen LogP contribution in [-0.2, 0) is 0 Å². The van der Waals surface area contributed by atoms with Crippen molar-refractivity contribution >= 4 is 17.4 Å². The van der Waals surface area contributed by atoms with Gasteiger partial charge in [0.1, 0.15) is 0 Å². The number of carbonyl (C=O) groups excluding carboxylic acids is 1. The van der Waals surface area contributed by atoms with Gasteiger partial charge >= 0.3 is 0 Å². The summed E-state index contributed by atoms with van der Waals surface area (Å²) in [6.45, 7) is 1.92. The largest absolute Gasteiger partial charge is 0.294 e. The Balaban J connectivity index is 2.27. The number of carbonyl (C=O) groups is 1. The Morgan fingerprint density at radius 2 is 1.76 bits per heavy atom. The lowest BCUT2D eigenvalue weighted by Crippen LogP contribution is -2.09. The highest BCUT2D eigenvalue weighted by Gasteiger charge is 2.16. The van der Waals surface area contributed by atoms with E-state index in [4.69, 9.17) is 11.6 Å². The van der Waals surface area contributed by atoms with E-state index in [0.29, 0.717) is 10.6 Å². The standard InChI is InChI=1S/C15H13ClO/c1-11(12-6-3-2-4-7-12)15(17)13-8-5-9-14(16)10-13/h2-11H,1H3. The van der Waals surface area contributed by atoms with Crippen molar-refractivity contribution in [3.63, 3.8) is 0 Å². The molecule has 0 aliphatic carbocycles. The molecule has 0 radical (unpaired) electrons. The fourth-order valence-electron chi connectivity index (χ4n) is 1.78. The molecule has 2 aromatic rings. The fourth-order valence-corrected chi connectivity index (χ4v) is 1.98. The van der Waals surface area contributed by atoms with Crippen molar-refractivity contribution in [1.82, 2.24) is 0 Å². The summed E-state index contributed by atoms with van der Waals surface area (Å²) in [6, 6.07) is 16.8. The minimum Gasteiger partial charge on any atom is -0.294 e. The van der Waals surface area contributed by atoms with Crippen LogP contribution in [0.25, 0.3) is 0 Å². The summed E-state index contributed by atoms with van der Waals surface area (Å²) in [7, 11) is 0. The minimum absolute atomic E-state index is 0.0960. The van der Waals surface area contributed by atoms with E-state index in [-0.39, 0.29) is 11.7 Å². The van der Waals surface area contributed by atoms with Gasteiger partial charge in [-0.3, -0.25) is 4.79 Å². The summed E-state index contributed by atoms with van der Waals surface area (Å²) in [5.74, 6) is -0.0478. The van der Waals surface area contributed by atoms with Crippen LogP contribution in [-0.4, -0.2) is 5.78 Å². The van der Waals surface area contributed by atoms with Gasteiger partial charge in [-0.15, -0.1) is 0 Å². The van der Waals surface area contributed by atoms with Crippen LogP contribution in [0.15, 0.2) is 54.6 Å². The molecule has 0 fully saturated rings. The molecule has 86 valence electrons. The van der Waals surface area contributed by atoms with Gasteiger partial charge in [0.05, 0.1) is 0 Å². The molecular formula is C15H13ClO. The van der Waals surface area contributed by atoms with Gasteiger partial charge in [0.25, 0.3) is 0 Å². The summed E-state index contributed by atoms with van der Waals surface area (Å²) in [5.41, 5.74) is 1.69. The molecule has 2 rings (SSSR count). The molecule has 17 heavy (non-hydrogen) atoms. The molecule has 0 N–H and O–H groups in total. The number of ketones is 1. The van der Waals surface area contributed by atoms with Crippen LogP contribution >= 0.6 is 11.6 Å². The van der Waals surface area contributed by atoms with Crippen molar-refractivity contribution in [3.05, 3.63) is 70.7 Å². The SMILES string of the molecule is CC(C(=O)c1cccc(Cl)c1)c1ccccc1. The Morgan fingerprint density at radius 3 is 2.41 bits per heavy atom. The Hall–Kier alpha value is -1.60. The average molecular weight is 245 g/mol. The van der Waals surface area contributed by atoms with E-state index in [1.165, 1.54) is 0 Å². The van der Waals surface area contributed by atoms with Crippen LogP contribution in [0.3, 0.4) is 0 Å². The second kappa shape index (κ2) is 5.15. The Morgan fingerprint density at radius 1 is 1.06 bits per heavy atom. The fraction of sp³-hybridized carbons (Fsp3) is 0.133. The maximum atomic E-state index is 12.2. The Labute approximate surface area is 106 Å². The molecule has 0 aromatic heterocycles. The van der Waals surface area contributed by atoms with Crippen LogP contribution in [0.1, 0.15) is 28.8 Å². The topological polar surface area (TPSA) is 17.1 Å². The lowest BCUT2D eigenvalue weighted by atomic mass is 9.92. The lowest BCUT2D eigenvalue weighted by molar-refractivity contribution is 0.0966. The van der Waals surface area contributed by atoms with Crippen LogP contribution in [0.4, 0.5) is 0 Å². The van der Waals surface area contributed by atoms with Crippen LogP contribution in [0, 0.1) is 0 Å². The van der Waals surface area contributed by atoms with Gasteiger partial charge in [-0.25, -0.2) is 0 Å². The number of hydrogen-bond donors (Lipinski definition) is 0.